The van der Waals surface area contributed by atoms with Crippen LogP contribution in [0.15, 0.2) is 36.5 Å². The van der Waals surface area contributed by atoms with E-state index in [1.165, 1.54) is 0 Å². The third-order valence-electron chi connectivity index (χ3n) is 3.83. The zero-order valence-corrected chi connectivity index (χ0v) is 12.1. The van der Waals surface area contributed by atoms with Crippen LogP contribution < -0.4 is 5.32 Å². The van der Waals surface area contributed by atoms with Gasteiger partial charge in [-0.3, -0.25) is 9.78 Å². The molecule has 0 spiro atoms. The van der Waals surface area contributed by atoms with Crippen molar-refractivity contribution in [2.45, 2.75) is 12.8 Å². The molecule has 2 aromatic rings. The number of carbonyl (C=O) groups is 1. The minimum atomic E-state index is 0.0642. The van der Waals surface area contributed by atoms with Gasteiger partial charge < -0.3 is 10.2 Å². The normalized spacial score (nSPS) is 14.2. The van der Waals surface area contributed by atoms with Crippen LogP contribution in [-0.4, -0.2) is 35.9 Å². The van der Waals surface area contributed by atoms with E-state index in [0.717, 1.165) is 42.7 Å². The second-order valence-electron chi connectivity index (χ2n) is 5.15. The topological polar surface area (TPSA) is 45.2 Å². The van der Waals surface area contributed by atoms with E-state index in [1.54, 1.807) is 6.20 Å². The molecule has 1 aliphatic heterocycles. The molecule has 4 nitrogen and oxygen atoms in total. The number of amides is 1. The number of anilines is 1. The molecule has 0 atom stereocenters. The van der Waals surface area contributed by atoms with Gasteiger partial charge in [-0.25, -0.2) is 0 Å². The first kappa shape index (κ1) is 13.6. The quantitative estimate of drug-likeness (QED) is 0.940. The maximum Gasteiger partial charge on any atom is 0.256 e. The van der Waals surface area contributed by atoms with E-state index >= 15 is 0 Å². The zero-order chi connectivity index (χ0) is 14.7. The molecule has 1 N–H and O–H groups in total. The summed E-state index contributed by atoms with van der Waals surface area (Å²) in [6.45, 7) is 1.66. The van der Waals surface area contributed by atoms with Gasteiger partial charge in [-0.05, 0) is 18.4 Å². The summed E-state index contributed by atoms with van der Waals surface area (Å²) in [5.74, 6) is 0.0642. The Morgan fingerprint density at radius 2 is 1.95 bits per heavy atom. The highest BCUT2D eigenvalue weighted by atomic mass is 16.2. The number of likely N-dealkylation sites (tertiary alicyclic amines) is 1. The SMILES string of the molecule is CNc1cn[c]c(-c2ccccc2)c1C(=O)N1CCCC1. The summed E-state index contributed by atoms with van der Waals surface area (Å²) in [4.78, 5) is 18.9. The van der Waals surface area contributed by atoms with E-state index in [-0.39, 0.29) is 5.91 Å². The average molecular weight is 280 g/mol. The summed E-state index contributed by atoms with van der Waals surface area (Å²) in [7, 11) is 1.81. The molecule has 1 fully saturated rings. The van der Waals surface area contributed by atoms with E-state index in [9.17, 15) is 4.79 Å². The van der Waals surface area contributed by atoms with Gasteiger partial charge in [0.1, 0.15) is 0 Å². The Kier molecular flexibility index (Phi) is 3.86. The highest BCUT2D eigenvalue weighted by molar-refractivity contribution is 6.05. The maximum atomic E-state index is 12.9. The van der Waals surface area contributed by atoms with Gasteiger partial charge in [-0.15, -0.1) is 0 Å². The van der Waals surface area contributed by atoms with Gasteiger partial charge in [-0.1, -0.05) is 30.3 Å². The van der Waals surface area contributed by atoms with Crippen molar-refractivity contribution in [1.82, 2.24) is 9.88 Å². The lowest BCUT2D eigenvalue weighted by molar-refractivity contribution is 0.0794. The van der Waals surface area contributed by atoms with E-state index in [4.69, 9.17) is 0 Å². The molecule has 0 unspecified atom stereocenters. The summed E-state index contributed by atoms with van der Waals surface area (Å²) in [6.07, 6.45) is 6.82. The molecule has 0 aliphatic carbocycles. The lowest BCUT2D eigenvalue weighted by Gasteiger charge is -2.19. The molecule has 2 heterocycles. The number of nitrogens with zero attached hydrogens (tertiary/aromatic N) is 2. The minimum Gasteiger partial charge on any atom is -0.386 e. The lowest BCUT2D eigenvalue weighted by atomic mass is 10.00. The van der Waals surface area contributed by atoms with Crippen molar-refractivity contribution in [2.24, 2.45) is 0 Å². The van der Waals surface area contributed by atoms with Gasteiger partial charge in [-0.2, -0.15) is 0 Å². The van der Waals surface area contributed by atoms with Crippen molar-refractivity contribution in [1.29, 1.82) is 0 Å². The number of pyridine rings is 1. The number of hydrogen-bond acceptors (Lipinski definition) is 3. The Balaban J connectivity index is 2.10. The van der Waals surface area contributed by atoms with Crippen LogP contribution in [-0.2, 0) is 0 Å². The number of benzene rings is 1. The maximum absolute atomic E-state index is 12.9. The Labute approximate surface area is 124 Å². The molecule has 4 heteroatoms. The molecule has 1 radical (unpaired) electrons. The molecule has 3 rings (SSSR count). The van der Waals surface area contributed by atoms with Crippen LogP contribution in [0.2, 0.25) is 0 Å². The van der Waals surface area contributed by atoms with Crippen LogP contribution in [0.25, 0.3) is 11.1 Å². The van der Waals surface area contributed by atoms with Crippen molar-refractivity contribution >= 4 is 11.6 Å². The number of nitrogens with one attached hydrogen (secondary N) is 1. The van der Waals surface area contributed by atoms with Crippen LogP contribution in [0.1, 0.15) is 23.2 Å². The summed E-state index contributed by atoms with van der Waals surface area (Å²) in [6, 6.07) is 9.83. The van der Waals surface area contributed by atoms with E-state index in [0.29, 0.717) is 5.56 Å². The summed E-state index contributed by atoms with van der Waals surface area (Å²) in [5.41, 5.74) is 3.15. The summed E-state index contributed by atoms with van der Waals surface area (Å²) in [5, 5.41) is 3.08. The van der Waals surface area contributed by atoms with Gasteiger partial charge >= 0.3 is 0 Å². The Hall–Kier alpha value is -2.36. The fraction of sp³-hybridized carbons (Fsp3) is 0.294. The molecule has 1 aliphatic rings. The Morgan fingerprint density at radius 3 is 2.62 bits per heavy atom. The lowest BCUT2D eigenvalue weighted by Crippen LogP contribution is -2.29. The third kappa shape index (κ3) is 2.61. The molecule has 0 bridgehead atoms. The predicted molar refractivity (Wildman–Crippen MR) is 83.2 cm³/mol. The smallest absolute Gasteiger partial charge is 0.256 e. The van der Waals surface area contributed by atoms with Crippen LogP contribution in [0.5, 0.6) is 0 Å². The van der Waals surface area contributed by atoms with Gasteiger partial charge in [0.05, 0.1) is 23.6 Å². The minimum absolute atomic E-state index is 0.0642. The number of aromatic nitrogens is 1. The van der Waals surface area contributed by atoms with Crippen LogP contribution in [0.3, 0.4) is 0 Å². The van der Waals surface area contributed by atoms with Gasteiger partial charge in [0, 0.05) is 25.7 Å². The molecule has 0 saturated carbocycles. The fourth-order valence-corrected chi connectivity index (χ4v) is 2.72. The van der Waals surface area contributed by atoms with E-state index in [1.807, 2.05) is 42.3 Å². The number of hydrogen-bond donors (Lipinski definition) is 1. The second kappa shape index (κ2) is 5.95. The number of rotatable bonds is 3. The van der Waals surface area contributed by atoms with Crippen molar-refractivity contribution in [2.75, 3.05) is 25.5 Å². The predicted octanol–water partition coefficient (Wildman–Crippen LogP) is 2.83. The van der Waals surface area contributed by atoms with Crippen LogP contribution >= 0.6 is 0 Å². The van der Waals surface area contributed by atoms with E-state index < -0.39 is 0 Å². The fourth-order valence-electron chi connectivity index (χ4n) is 2.72. The molecular formula is C17H18N3O. The first-order chi connectivity index (χ1) is 10.3. The molecular weight excluding hydrogens is 262 g/mol. The summed E-state index contributed by atoms with van der Waals surface area (Å²) < 4.78 is 0. The second-order valence-corrected chi connectivity index (χ2v) is 5.15. The highest BCUT2D eigenvalue weighted by Gasteiger charge is 2.25. The average Bonchev–Trinajstić information content (AvgIpc) is 3.08. The largest absolute Gasteiger partial charge is 0.386 e. The monoisotopic (exact) mass is 280 g/mol. The standard InChI is InChI=1S/C17H18N3O/c1-18-15-12-19-11-14(13-7-3-2-4-8-13)16(15)17(21)20-9-5-6-10-20/h2-4,7-8,12,18H,5-6,9-10H2,1H3. The molecule has 1 amide bonds. The Morgan fingerprint density at radius 1 is 1.24 bits per heavy atom. The van der Waals surface area contributed by atoms with Crippen LogP contribution in [0.4, 0.5) is 5.69 Å². The third-order valence-corrected chi connectivity index (χ3v) is 3.83. The molecule has 21 heavy (non-hydrogen) atoms. The van der Waals surface area contributed by atoms with E-state index in [2.05, 4.69) is 16.5 Å². The first-order valence-corrected chi connectivity index (χ1v) is 7.24. The van der Waals surface area contributed by atoms with Crippen molar-refractivity contribution in [3.05, 3.63) is 48.3 Å². The van der Waals surface area contributed by atoms with Gasteiger partial charge in [0.25, 0.3) is 5.91 Å². The van der Waals surface area contributed by atoms with Gasteiger partial charge in [0.2, 0.25) is 0 Å². The molecule has 1 saturated heterocycles. The first-order valence-electron chi connectivity index (χ1n) is 7.24. The van der Waals surface area contributed by atoms with Crippen molar-refractivity contribution in [3.8, 4) is 11.1 Å². The molecule has 1 aromatic heterocycles. The van der Waals surface area contributed by atoms with Crippen molar-refractivity contribution in [3.63, 3.8) is 0 Å². The zero-order valence-electron chi connectivity index (χ0n) is 12.1. The molecule has 107 valence electrons. The Bertz CT molecular complexity index is 634. The van der Waals surface area contributed by atoms with Gasteiger partial charge in [0.15, 0.2) is 0 Å². The highest BCUT2D eigenvalue weighted by Crippen LogP contribution is 2.29. The molecule has 1 aromatic carbocycles. The van der Waals surface area contributed by atoms with Crippen LogP contribution in [0, 0.1) is 6.20 Å². The van der Waals surface area contributed by atoms with Crippen molar-refractivity contribution < 1.29 is 4.79 Å². The number of carbonyl (C=O) groups excluding carboxylic acids is 1. The summed E-state index contributed by atoms with van der Waals surface area (Å²) >= 11 is 0.